The lowest BCUT2D eigenvalue weighted by molar-refractivity contribution is 1.05. The smallest absolute Gasteiger partial charge is 0.0702 e. The van der Waals surface area contributed by atoms with Gasteiger partial charge in [-0.1, -0.05) is 18.2 Å². The third kappa shape index (κ3) is 4.70. The molecule has 100 valence electrons. The van der Waals surface area contributed by atoms with Crippen LogP contribution in [-0.2, 0) is 6.54 Å². The lowest BCUT2D eigenvalue weighted by atomic mass is 10.1. The molecule has 0 aliphatic carbocycles. The molecule has 0 saturated heterocycles. The maximum atomic E-state index is 5.61. The van der Waals surface area contributed by atoms with E-state index in [0.717, 1.165) is 22.5 Å². The SMILES string of the molecule is Cl.Cl.Cl.NCc1ccc(-c2ccc(N)cc2)nc1. The van der Waals surface area contributed by atoms with Gasteiger partial charge in [0, 0.05) is 24.0 Å². The standard InChI is InChI=1S/C12H13N3.3ClH/c13-7-9-1-6-12(15-8-9)10-2-4-11(14)5-3-10;;;/h1-6,8H,7,13-14H2;3*1H. The minimum atomic E-state index is 0. The molecule has 0 saturated carbocycles. The van der Waals surface area contributed by atoms with Crippen LogP contribution in [0.1, 0.15) is 5.56 Å². The van der Waals surface area contributed by atoms with Crippen LogP contribution < -0.4 is 11.5 Å². The molecule has 2 aromatic rings. The van der Waals surface area contributed by atoms with Gasteiger partial charge in [0.05, 0.1) is 5.69 Å². The number of pyridine rings is 1. The molecule has 2 rings (SSSR count). The van der Waals surface area contributed by atoms with E-state index in [1.54, 1.807) is 6.20 Å². The predicted octanol–water partition coefficient (Wildman–Crippen LogP) is 3.05. The first-order valence-electron chi connectivity index (χ1n) is 4.80. The molecule has 0 aliphatic heterocycles. The maximum absolute atomic E-state index is 5.61. The molecule has 0 radical (unpaired) electrons. The van der Waals surface area contributed by atoms with Gasteiger partial charge in [-0.3, -0.25) is 4.98 Å². The topological polar surface area (TPSA) is 64.9 Å². The molecule has 0 amide bonds. The normalized spacial score (nSPS) is 8.50. The van der Waals surface area contributed by atoms with E-state index >= 15 is 0 Å². The molecular weight excluding hydrogens is 293 g/mol. The Morgan fingerprint density at radius 1 is 0.889 bits per heavy atom. The van der Waals surface area contributed by atoms with Gasteiger partial charge in [0.25, 0.3) is 0 Å². The zero-order valence-corrected chi connectivity index (χ0v) is 12.0. The van der Waals surface area contributed by atoms with Gasteiger partial charge in [0.1, 0.15) is 0 Å². The first-order chi connectivity index (χ1) is 7.29. The summed E-state index contributed by atoms with van der Waals surface area (Å²) in [6, 6.07) is 11.6. The fourth-order valence-electron chi connectivity index (χ4n) is 1.37. The average molecular weight is 309 g/mol. The van der Waals surface area contributed by atoms with Crippen LogP contribution in [0.3, 0.4) is 0 Å². The molecule has 1 aromatic heterocycles. The number of rotatable bonds is 2. The summed E-state index contributed by atoms with van der Waals surface area (Å²) in [7, 11) is 0. The van der Waals surface area contributed by atoms with Crippen LogP contribution in [0, 0.1) is 0 Å². The highest BCUT2D eigenvalue weighted by Crippen LogP contribution is 2.18. The van der Waals surface area contributed by atoms with E-state index in [1.165, 1.54) is 0 Å². The van der Waals surface area contributed by atoms with Crippen LogP contribution in [0.25, 0.3) is 11.3 Å². The second-order valence-electron chi connectivity index (χ2n) is 3.38. The highest BCUT2D eigenvalue weighted by molar-refractivity contribution is 5.86. The van der Waals surface area contributed by atoms with Crippen LogP contribution in [0.4, 0.5) is 5.69 Å². The molecule has 0 fully saturated rings. The van der Waals surface area contributed by atoms with E-state index in [4.69, 9.17) is 11.5 Å². The zero-order chi connectivity index (χ0) is 10.7. The fraction of sp³-hybridized carbons (Fsp3) is 0.0833. The van der Waals surface area contributed by atoms with Crippen molar-refractivity contribution in [1.29, 1.82) is 0 Å². The van der Waals surface area contributed by atoms with Crippen molar-refractivity contribution >= 4 is 42.9 Å². The number of benzene rings is 1. The number of nitrogen functional groups attached to an aromatic ring is 1. The number of aromatic nitrogens is 1. The molecule has 6 heteroatoms. The monoisotopic (exact) mass is 307 g/mol. The van der Waals surface area contributed by atoms with Crippen LogP contribution in [-0.4, -0.2) is 4.98 Å². The summed E-state index contributed by atoms with van der Waals surface area (Å²) < 4.78 is 0. The van der Waals surface area contributed by atoms with E-state index in [1.807, 2.05) is 36.4 Å². The lowest BCUT2D eigenvalue weighted by Gasteiger charge is -2.02. The van der Waals surface area contributed by atoms with Gasteiger partial charge in [-0.2, -0.15) is 0 Å². The summed E-state index contributed by atoms with van der Waals surface area (Å²) in [4.78, 5) is 4.33. The van der Waals surface area contributed by atoms with Crippen molar-refractivity contribution in [1.82, 2.24) is 4.98 Å². The van der Waals surface area contributed by atoms with Gasteiger partial charge < -0.3 is 11.5 Å². The van der Waals surface area contributed by atoms with E-state index in [0.29, 0.717) is 6.54 Å². The van der Waals surface area contributed by atoms with Crippen molar-refractivity contribution in [2.24, 2.45) is 5.73 Å². The number of hydrogen-bond donors (Lipinski definition) is 2. The minimum Gasteiger partial charge on any atom is -0.399 e. The molecule has 1 heterocycles. The Balaban J connectivity index is 0. The van der Waals surface area contributed by atoms with Crippen LogP contribution in [0.15, 0.2) is 42.6 Å². The quantitative estimate of drug-likeness (QED) is 0.838. The highest BCUT2D eigenvalue weighted by atomic mass is 35.5. The zero-order valence-electron chi connectivity index (χ0n) is 9.58. The Morgan fingerprint density at radius 2 is 1.50 bits per heavy atom. The predicted molar refractivity (Wildman–Crippen MR) is 83.7 cm³/mol. The molecule has 18 heavy (non-hydrogen) atoms. The number of nitrogens with two attached hydrogens (primary N) is 2. The lowest BCUT2D eigenvalue weighted by Crippen LogP contribution is -1.96. The molecule has 0 unspecified atom stereocenters. The van der Waals surface area contributed by atoms with Gasteiger partial charge in [-0.25, -0.2) is 0 Å². The number of anilines is 1. The van der Waals surface area contributed by atoms with E-state index in [9.17, 15) is 0 Å². The van der Waals surface area contributed by atoms with Gasteiger partial charge in [0.2, 0.25) is 0 Å². The molecule has 0 bridgehead atoms. The van der Waals surface area contributed by atoms with E-state index in [-0.39, 0.29) is 37.2 Å². The Kier molecular flexibility index (Phi) is 9.67. The van der Waals surface area contributed by atoms with Gasteiger partial charge in [-0.15, -0.1) is 37.2 Å². The van der Waals surface area contributed by atoms with Crippen LogP contribution >= 0.6 is 37.2 Å². The minimum absolute atomic E-state index is 0. The summed E-state index contributed by atoms with van der Waals surface area (Å²) in [6.45, 7) is 0.523. The summed E-state index contributed by atoms with van der Waals surface area (Å²) in [6.07, 6.45) is 1.80. The van der Waals surface area contributed by atoms with Crippen molar-refractivity contribution in [3.8, 4) is 11.3 Å². The Hall–Kier alpha value is -1.00. The summed E-state index contributed by atoms with van der Waals surface area (Å²) in [5.74, 6) is 0. The van der Waals surface area contributed by atoms with Crippen molar-refractivity contribution in [2.45, 2.75) is 6.54 Å². The summed E-state index contributed by atoms with van der Waals surface area (Å²) in [5.41, 5.74) is 14.9. The largest absolute Gasteiger partial charge is 0.399 e. The van der Waals surface area contributed by atoms with Crippen molar-refractivity contribution in [3.63, 3.8) is 0 Å². The highest BCUT2D eigenvalue weighted by Gasteiger charge is 1.98. The Labute approximate surface area is 125 Å². The molecule has 0 aliphatic rings. The Bertz CT molecular complexity index is 443. The fourth-order valence-corrected chi connectivity index (χ4v) is 1.37. The molecule has 0 spiro atoms. The summed E-state index contributed by atoms with van der Waals surface area (Å²) in [5, 5.41) is 0. The first-order valence-corrected chi connectivity index (χ1v) is 4.80. The third-order valence-electron chi connectivity index (χ3n) is 2.27. The summed E-state index contributed by atoms with van der Waals surface area (Å²) >= 11 is 0. The third-order valence-corrected chi connectivity index (χ3v) is 2.27. The van der Waals surface area contributed by atoms with Crippen molar-refractivity contribution in [2.75, 3.05) is 5.73 Å². The van der Waals surface area contributed by atoms with Crippen molar-refractivity contribution < 1.29 is 0 Å². The molecule has 1 aromatic carbocycles. The first kappa shape index (κ1) is 19.3. The molecule has 4 N–H and O–H groups in total. The van der Waals surface area contributed by atoms with E-state index < -0.39 is 0 Å². The number of nitrogens with zero attached hydrogens (tertiary/aromatic N) is 1. The molecule has 3 nitrogen and oxygen atoms in total. The number of halogens is 3. The van der Waals surface area contributed by atoms with Crippen molar-refractivity contribution in [3.05, 3.63) is 48.2 Å². The van der Waals surface area contributed by atoms with Gasteiger partial charge >= 0.3 is 0 Å². The van der Waals surface area contributed by atoms with Gasteiger partial charge in [0.15, 0.2) is 0 Å². The Morgan fingerprint density at radius 3 is 1.94 bits per heavy atom. The second kappa shape index (κ2) is 9.00. The molecule has 0 atom stereocenters. The van der Waals surface area contributed by atoms with Crippen LogP contribution in [0.2, 0.25) is 0 Å². The number of hydrogen-bond acceptors (Lipinski definition) is 3. The van der Waals surface area contributed by atoms with Gasteiger partial charge in [-0.05, 0) is 23.8 Å². The molecular formula is C12H16Cl3N3. The maximum Gasteiger partial charge on any atom is 0.0702 e. The van der Waals surface area contributed by atoms with E-state index in [2.05, 4.69) is 4.98 Å². The average Bonchev–Trinajstić information content (AvgIpc) is 2.30. The second-order valence-corrected chi connectivity index (χ2v) is 3.38. The van der Waals surface area contributed by atoms with Crippen LogP contribution in [0.5, 0.6) is 0 Å².